The number of amides is 2. The monoisotopic (exact) mass is 412 g/mol. The van der Waals surface area contributed by atoms with Gasteiger partial charge in [-0.05, 0) is 62.6 Å². The molecule has 160 valence electrons. The van der Waals surface area contributed by atoms with Crippen molar-refractivity contribution in [3.8, 4) is 5.75 Å². The van der Waals surface area contributed by atoms with Crippen LogP contribution < -0.4 is 15.4 Å². The van der Waals surface area contributed by atoms with Gasteiger partial charge < -0.3 is 10.5 Å². The van der Waals surface area contributed by atoms with Gasteiger partial charge in [-0.3, -0.25) is 9.80 Å². The highest BCUT2D eigenvalue weighted by molar-refractivity contribution is 5.96. The third-order valence-corrected chi connectivity index (χ3v) is 5.08. The fourth-order valence-electron chi connectivity index (χ4n) is 3.81. The van der Waals surface area contributed by atoms with E-state index in [1.54, 1.807) is 17.0 Å². The van der Waals surface area contributed by atoms with Gasteiger partial charge in [-0.2, -0.15) is 4.99 Å². The summed E-state index contributed by atoms with van der Waals surface area (Å²) in [6.07, 6.45) is 2.66. The van der Waals surface area contributed by atoms with Crippen LogP contribution in [0.15, 0.2) is 53.5 Å². The van der Waals surface area contributed by atoms with E-state index in [4.69, 9.17) is 10.5 Å². The third-order valence-electron chi connectivity index (χ3n) is 5.08. The van der Waals surface area contributed by atoms with Crippen molar-refractivity contribution in [3.63, 3.8) is 0 Å². The molecule has 0 aliphatic carbocycles. The number of urea groups is 1. The first-order valence-electron chi connectivity index (χ1n) is 10.3. The number of aliphatic imine (C=N–C) groups is 1. The fraction of sp³-hybridized carbons (Fsp3) is 0.391. The maximum absolute atomic E-state index is 13.7. The van der Waals surface area contributed by atoms with Gasteiger partial charge in [0, 0.05) is 31.4 Å². The molecular formula is C23H29FN4O2. The Bertz CT molecular complexity index is 879. The van der Waals surface area contributed by atoms with Gasteiger partial charge in [0.15, 0.2) is 0 Å². The molecule has 0 radical (unpaired) electrons. The maximum Gasteiger partial charge on any atom is 0.349 e. The first kappa shape index (κ1) is 21.8. The van der Waals surface area contributed by atoms with Crippen LogP contribution in [0.4, 0.5) is 14.9 Å². The van der Waals surface area contributed by atoms with Gasteiger partial charge in [0.25, 0.3) is 0 Å². The van der Waals surface area contributed by atoms with Crippen molar-refractivity contribution in [1.82, 2.24) is 4.90 Å². The Morgan fingerprint density at radius 2 is 2.00 bits per heavy atom. The maximum atomic E-state index is 13.7. The largest absolute Gasteiger partial charge is 0.491 e. The van der Waals surface area contributed by atoms with Crippen LogP contribution in [-0.4, -0.2) is 42.5 Å². The lowest BCUT2D eigenvalue weighted by atomic mass is 10.0. The average Bonchev–Trinajstić information content (AvgIpc) is 2.70. The van der Waals surface area contributed by atoms with Crippen molar-refractivity contribution in [1.29, 1.82) is 0 Å². The molecule has 0 bridgehead atoms. The summed E-state index contributed by atoms with van der Waals surface area (Å²) in [5.41, 5.74) is 7.02. The second-order valence-electron chi connectivity index (χ2n) is 7.73. The number of carbonyl (C=O) groups excluding carboxylic acids is 1. The van der Waals surface area contributed by atoms with Crippen molar-refractivity contribution in [3.05, 3.63) is 59.9 Å². The molecule has 3 rings (SSSR count). The van der Waals surface area contributed by atoms with Crippen LogP contribution in [0.2, 0.25) is 0 Å². The van der Waals surface area contributed by atoms with Crippen molar-refractivity contribution < 1.29 is 13.9 Å². The summed E-state index contributed by atoms with van der Waals surface area (Å²) in [6, 6.07) is 13.6. The molecule has 2 amide bonds. The van der Waals surface area contributed by atoms with Gasteiger partial charge in [-0.15, -0.1) is 0 Å². The molecule has 0 saturated carbocycles. The summed E-state index contributed by atoms with van der Waals surface area (Å²) < 4.78 is 19.5. The summed E-state index contributed by atoms with van der Waals surface area (Å²) in [5.74, 6) is 0.489. The van der Waals surface area contributed by atoms with E-state index in [1.807, 2.05) is 26.0 Å². The molecule has 1 heterocycles. The molecule has 1 saturated heterocycles. The summed E-state index contributed by atoms with van der Waals surface area (Å²) in [5, 5.41) is 0. The quantitative estimate of drug-likeness (QED) is 0.570. The fourth-order valence-corrected chi connectivity index (χ4v) is 3.81. The predicted octanol–water partition coefficient (Wildman–Crippen LogP) is 4.19. The second-order valence-corrected chi connectivity index (χ2v) is 7.73. The Labute approximate surface area is 177 Å². The van der Waals surface area contributed by atoms with Crippen molar-refractivity contribution in [2.75, 3.05) is 18.0 Å². The smallest absolute Gasteiger partial charge is 0.349 e. The van der Waals surface area contributed by atoms with Crippen LogP contribution in [0.3, 0.4) is 0 Å². The van der Waals surface area contributed by atoms with Crippen LogP contribution in [0, 0.1) is 5.82 Å². The van der Waals surface area contributed by atoms with E-state index in [9.17, 15) is 9.18 Å². The van der Waals surface area contributed by atoms with Gasteiger partial charge in [0.2, 0.25) is 0 Å². The lowest BCUT2D eigenvalue weighted by Crippen LogP contribution is -2.46. The summed E-state index contributed by atoms with van der Waals surface area (Å²) in [6.45, 7) is 6.49. The van der Waals surface area contributed by atoms with Gasteiger partial charge >= 0.3 is 6.03 Å². The Hall–Kier alpha value is -2.93. The molecule has 1 fully saturated rings. The summed E-state index contributed by atoms with van der Waals surface area (Å²) in [7, 11) is 0. The highest BCUT2D eigenvalue weighted by Crippen LogP contribution is 2.26. The number of piperidine rings is 1. The van der Waals surface area contributed by atoms with E-state index >= 15 is 0 Å². The normalized spacial score (nSPS) is 15.6. The number of rotatable bonds is 6. The third kappa shape index (κ3) is 5.79. The number of nitrogens with two attached hydrogens (primary N) is 1. The highest BCUT2D eigenvalue weighted by atomic mass is 19.1. The Balaban J connectivity index is 1.66. The average molecular weight is 413 g/mol. The number of hydrogen-bond acceptors (Lipinski definition) is 3. The van der Waals surface area contributed by atoms with E-state index in [-0.39, 0.29) is 18.0 Å². The topological polar surface area (TPSA) is 71.2 Å². The molecule has 1 aliphatic rings. The minimum Gasteiger partial charge on any atom is -0.491 e. The van der Waals surface area contributed by atoms with Crippen LogP contribution in [-0.2, 0) is 6.54 Å². The van der Waals surface area contributed by atoms with Gasteiger partial charge in [0.1, 0.15) is 11.6 Å². The molecule has 0 spiro atoms. The predicted molar refractivity (Wildman–Crippen MR) is 117 cm³/mol. The van der Waals surface area contributed by atoms with Crippen LogP contribution in [0.25, 0.3) is 0 Å². The number of benzene rings is 2. The summed E-state index contributed by atoms with van der Waals surface area (Å²) in [4.78, 5) is 20.2. The molecule has 0 aromatic heterocycles. The lowest BCUT2D eigenvalue weighted by molar-refractivity contribution is 0.198. The second kappa shape index (κ2) is 10.2. The Kier molecular flexibility index (Phi) is 7.41. The number of nitrogens with zero attached hydrogens (tertiary/aromatic N) is 3. The SMILES string of the molecule is CC(C)Oc1cccc(CN2CCC(N(C(=O)/N=C/N)c3cccc(F)c3)CC2)c1. The molecule has 7 heteroatoms. The molecule has 2 aromatic rings. The lowest BCUT2D eigenvalue weighted by Gasteiger charge is -2.37. The number of halogens is 1. The minimum atomic E-state index is -0.472. The van der Waals surface area contributed by atoms with E-state index in [0.29, 0.717) is 5.69 Å². The Morgan fingerprint density at radius 1 is 1.27 bits per heavy atom. The molecule has 2 aromatic carbocycles. The molecule has 0 unspecified atom stereocenters. The zero-order valence-electron chi connectivity index (χ0n) is 17.5. The highest BCUT2D eigenvalue weighted by Gasteiger charge is 2.29. The molecular weight excluding hydrogens is 383 g/mol. The zero-order valence-corrected chi connectivity index (χ0v) is 17.5. The van der Waals surface area contributed by atoms with Crippen LogP contribution in [0.5, 0.6) is 5.75 Å². The van der Waals surface area contributed by atoms with Crippen LogP contribution >= 0.6 is 0 Å². The van der Waals surface area contributed by atoms with E-state index < -0.39 is 6.03 Å². The van der Waals surface area contributed by atoms with Crippen molar-refractivity contribution in [2.24, 2.45) is 10.7 Å². The van der Waals surface area contributed by atoms with E-state index in [2.05, 4.69) is 22.0 Å². The van der Waals surface area contributed by atoms with E-state index in [1.165, 1.54) is 17.7 Å². The first-order valence-corrected chi connectivity index (χ1v) is 10.3. The Morgan fingerprint density at radius 3 is 2.67 bits per heavy atom. The zero-order chi connectivity index (χ0) is 21.5. The minimum absolute atomic E-state index is 0.0603. The molecule has 2 N–H and O–H groups in total. The number of hydrogen-bond donors (Lipinski definition) is 1. The van der Waals surface area contributed by atoms with Gasteiger partial charge in [-0.1, -0.05) is 18.2 Å². The number of ether oxygens (including phenoxy) is 1. The standard InChI is InChI=1S/C23H29FN4O2/c1-17(2)30-22-8-3-5-18(13-22)15-27-11-9-20(10-12-27)28(23(29)26-16-25)21-7-4-6-19(24)14-21/h3-8,13-14,16-17,20H,9-12,15H2,1-2H3,(H2,25,26,29). The number of anilines is 1. The van der Waals surface area contributed by atoms with Crippen molar-refractivity contribution >= 4 is 18.1 Å². The summed E-state index contributed by atoms with van der Waals surface area (Å²) >= 11 is 0. The molecule has 0 atom stereocenters. The van der Waals surface area contributed by atoms with E-state index in [0.717, 1.165) is 44.6 Å². The molecule has 1 aliphatic heterocycles. The van der Waals surface area contributed by atoms with Gasteiger partial charge in [-0.25, -0.2) is 9.18 Å². The molecule has 6 nitrogen and oxygen atoms in total. The van der Waals surface area contributed by atoms with Crippen molar-refractivity contribution in [2.45, 2.75) is 45.4 Å². The number of likely N-dealkylation sites (tertiary alicyclic amines) is 1. The molecule has 30 heavy (non-hydrogen) atoms. The van der Waals surface area contributed by atoms with Crippen LogP contribution in [0.1, 0.15) is 32.3 Å². The number of carbonyl (C=O) groups is 1. The van der Waals surface area contributed by atoms with Gasteiger partial charge in [0.05, 0.1) is 12.4 Å². The first-order chi connectivity index (χ1) is 14.5.